The molecular formula is C11H14ClNO. The van der Waals surface area contributed by atoms with Crippen LogP contribution in [-0.2, 0) is 0 Å². The van der Waals surface area contributed by atoms with Crippen LogP contribution in [-0.4, -0.2) is 12.6 Å². The Balaban J connectivity index is 2.40. The first-order chi connectivity index (χ1) is 6.72. The predicted molar refractivity (Wildman–Crippen MR) is 59.4 cm³/mol. The second-order valence-electron chi connectivity index (χ2n) is 3.60. The number of rotatable bonds is 1. The average Bonchev–Trinajstić information content (AvgIpc) is 2.23. The maximum atomic E-state index is 6.07. The van der Waals surface area contributed by atoms with E-state index in [-0.39, 0.29) is 6.10 Å². The van der Waals surface area contributed by atoms with Crippen molar-refractivity contribution in [1.82, 2.24) is 0 Å². The van der Waals surface area contributed by atoms with Crippen LogP contribution >= 0.6 is 11.6 Å². The highest BCUT2D eigenvalue weighted by Gasteiger charge is 2.21. The van der Waals surface area contributed by atoms with E-state index in [0.29, 0.717) is 5.02 Å². The molecule has 14 heavy (non-hydrogen) atoms. The van der Waals surface area contributed by atoms with Crippen LogP contribution in [0.3, 0.4) is 0 Å². The summed E-state index contributed by atoms with van der Waals surface area (Å²) in [5.74, 6) is 0.810. The van der Waals surface area contributed by atoms with Crippen LogP contribution < -0.4 is 10.1 Å². The molecule has 1 aromatic rings. The molecule has 0 aromatic heterocycles. The third kappa shape index (κ3) is 1.55. The Bertz CT molecular complexity index is 351. The SMILES string of the molecule is CCC1CNc2c(C)ccc(Cl)c2O1. The lowest BCUT2D eigenvalue weighted by molar-refractivity contribution is 0.202. The lowest BCUT2D eigenvalue weighted by Crippen LogP contribution is -2.30. The van der Waals surface area contributed by atoms with Crippen LogP contribution in [0, 0.1) is 6.92 Å². The van der Waals surface area contributed by atoms with Gasteiger partial charge in [0.05, 0.1) is 17.3 Å². The molecular weight excluding hydrogens is 198 g/mol. The minimum Gasteiger partial charge on any atom is -0.485 e. The van der Waals surface area contributed by atoms with Crippen LogP contribution in [0.2, 0.25) is 5.02 Å². The van der Waals surface area contributed by atoms with Crippen molar-refractivity contribution in [3.8, 4) is 5.75 Å². The standard InChI is InChI=1S/C11H14ClNO/c1-3-8-6-13-10-7(2)4-5-9(12)11(10)14-8/h4-5,8,13H,3,6H2,1-2H3. The lowest BCUT2D eigenvalue weighted by atomic mass is 10.1. The molecule has 0 aliphatic carbocycles. The van der Waals surface area contributed by atoms with Gasteiger partial charge in [-0.2, -0.15) is 0 Å². The fourth-order valence-electron chi connectivity index (χ4n) is 1.64. The van der Waals surface area contributed by atoms with Gasteiger partial charge in [0.1, 0.15) is 6.10 Å². The number of benzene rings is 1. The monoisotopic (exact) mass is 211 g/mol. The predicted octanol–water partition coefficient (Wildman–Crippen LogP) is 3.23. The smallest absolute Gasteiger partial charge is 0.161 e. The first-order valence-electron chi connectivity index (χ1n) is 4.92. The van der Waals surface area contributed by atoms with Crippen LogP contribution in [0.15, 0.2) is 12.1 Å². The molecule has 0 bridgehead atoms. The molecule has 1 N–H and O–H groups in total. The molecule has 76 valence electrons. The summed E-state index contributed by atoms with van der Waals surface area (Å²) in [7, 11) is 0. The number of aryl methyl sites for hydroxylation is 1. The van der Waals surface area contributed by atoms with Gasteiger partial charge in [-0.1, -0.05) is 24.6 Å². The number of nitrogens with one attached hydrogen (secondary N) is 1. The second-order valence-corrected chi connectivity index (χ2v) is 4.00. The van der Waals surface area contributed by atoms with Crippen molar-refractivity contribution in [1.29, 1.82) is 0 Å². The van der Waals surface area contributed by atoms with Gasteiger partial charge in [0.25, 0.3) is 0 Å². The van der Waals surface area contributed by atoms with Crippen LogP contribution in [0.4, 0.5) is 5.69 Å². The Hall–Kier alpha value is -0.890. The number of ether oxygens (including phenoxy) is 1. The minimum atomic E-state index is 0.238. The van der Waals surface area contributed by atoms with Crippen molar-refractivity contribution in [2.24, 2.45) is 0 Å². The number of anilines is 1. The minimum absolute atomic E-state index is 0.238. The zero-order valence-corrected chi connectivity index (χ0v) is 9.19. The van der Waals surface area contributed by atoms with E-state index in [1.165, 1.54) is 5.56 Å². The van der Waals surface area contributed by atoms with Crippen molar-refractivity contribution in [2.75, 3.05) is 11.9 Å². The normalized spacial score (nSPS) is 19.5. The summed E-state index contributed by atoms with van der Waals surface area (Å²) in [5, 5.41) is 4.05. The van der Waals surface area contributed by atoms with E-state index in [4.69, 9.17) is 16.3 Å². The first-order valence-corrected chi connectivity index (χ1v) is 5.29. The van der Waals surface area contributed by atoms with Crippen LogP contribution in [0.1, 0.15) is 18.9 Å². The molecule has 1 aromatic carbocycles. The molecule has 1 aliphatic rings. The third-order valence-electron chi connectivity index (χ3n) is 2.56. The quantitative estimate of drug-likeness (QED) is 0.770. The van der Waals surface area contributed by atoms with Gasteiger partial charge in [0.15, 0.2) is 5.75 Å². The molecule has 1 aliphatic heterocycles. The van der Waals surface area contributed by atoms with Crippen molar-refractivity contribution in [2.45, 2.75) is 26.4 Å². The molecule has 0 amide bonds. The van der Waals surface area contributed by atoms with Gasteiger partial charge in [-0.3, -0.25) is 0 Å². The largest absolute Gasteiger partial charge is 0.485 e. The summed E-state index contributed by atoms with van der Waals surface area (Å²) in [5.41, 5.74) is 2.22. The third-order valence-corrected chi connectivity index (χ3v) is 2.86. The lowest BCUT2D eigenvalue weighted by Gasteiger charge is -2.28. The topological polar surface area (TPSA) is 21.3 Å². The van der Waals surface area contributed by atoms with E-state index in [1.54, 1.807) is 0 Å². The van der Waals surface area contributed by atoms with Crippen molar-refractivity contribution >= 4 is 17.3 Å². The van der Waals surface area contributed by atoms with Crippen LogP contribution in [0.5, 0.6) is 5.75 Å². The summed E-state index contributed by atoms with van der Waals surface area (Å²) in [4.78, 5) is 0. The van der Waals surface area contributed by atoms with Gasteiger partial charge in [0.2, 0.25) is 0 Å². The van der Waals surface area contributed by atoms with E-state index in [1.807, 2.05) is 12.1 Å². The zero-order valence-electron chi connectivity index (χ0n) is 8.43. The van der Waals surface area contributed by atoms with Gasteiger partial charge in [-0.15, -0.1) is 0 Å². The van der Waals surface area contributed by atoms with E-state index >= 15 is 0 Å². The summed E-state index contributed by atoms with van der Waals surface area (Å²) in [6, 6.07) is 3.89. The molecule has 0 saturated carbocycles. The Kier molecular flexibility index (Phi) is 2.55. The van der Waals surface area contributed by atoms with Gasteiger partial charge in [-0.25, -0.2) is 0 Å². The number of hydrogen-bond acceptors (Lipinski definition) is 2. The van der Waals surface area contributed by atoms with E-state index in [9.17, 15) is 0 Å². The van der Waals surface area contributed by atoms with Gasteiger partial charge >= 0.3 is 0 Å². The Morgan fingerprint density at radius 3 is 3.07 bits per heavy atom. The Morgan fingerprint density at radius 2 is 2.36 bits per heavy atom. The zero-order chi connectivity index (χ0) is 10.1. The van der Waals surface area contributed by atoms with E-state index in [0.717, 1.165) is 24.4 Å². The highest BCUT2D eigenvalue weighted by molar-refractivity contribution is 6.32. The number of fused-ring (bicyclic) bond motifs is 1. The molecule has 0 radical (unpaired) electrons. The maximum Gasteiger partial charge on any atom is 0.161 e. The Morgan fingerprint density at radius 1 is 1.57 bits per heavy atom. The molecule has 0 fully saturated rings. The Labute approximate surface area is 89.2 Å². The fraction of sp³-hybridized carbons (Fsp3) is 0.455. The molecule has 3 heteroatoms. The molecule has 2 rings (SSSR count). The first kappa shape index (κ1) is 9.66. The molecule has 0 spiro atoms. The summed E-state index contributed by atoms with van der Waals surface area (Å²) in [6.07, 6.45) is 1.23. The summed E-state index contributed by atoms with van der Waals surface area (Å²) >= 11 is 6.07. The van der Waals surface area contributed by atoms with Gasteiger partial charge in [0, 0.05) is 0 Å². The average molecular weight is 212 g/mol. The molecule has 2 nitrogen and oxygen atoms in total. The summed E-state index contributed by atoms with van der Waals surface area (Å²) < 4.78 is 5.80. The highest BCUT2D eigenvalue weighted by Crippen LogP contribution is 2.38. The molecule has 0 saturated heterocycles. The molecule has 1 unspecified atom stereocenters. The van der Waals surface area contributed by atoms with Crippen LogP contribution in [0.25, 0.3) is 0 Å². The van der Waals surface area contributed by atoms with Gasteiger partial charge in [-0.05, 0) is 25.0 Å². The van der Waals surface area contributed by atoms with Gasteiger partial charge < -0.3 is 10.1 Å². The molecule has 1 atom stereocenters. The highest BCUT2D eigenvalue weighted by atomic mass is 35.5. The van der Waals surface area contributed by atoms with Crippen molar-refractivity contribution in [3.63, 3.8) is 0 Å². The van der Waals surface area contributed by atoms with E-state index in [2.05, 4.69) is 19.2 Å². The van der Waals surface area contributed by atoms with Crippen molar-refractivity contribution in [3.05, 3.63) is 22.7 Å². The number of hydrogen-bond donors (Lipinski definition) is 1. The number of halogens is 1. The fourth-order valence-corrected chi connectivity index (χ4v) is 1.84. The summed E-state index contributed by atoms with van der Waals surface area (Å²) in [6.45, 7) is 5.03. The second kappa shape index (κ2) is 3.70. The van der Waals surface area contributed by atoms with Crippen molar-refractivity contribution < 1.29 is 4.74 Å². The molecule has 1 heterocycles. The van der Waals surface area contributed by atoms with E-state index < -0.39 is 0 Å². The maximum absolute atomic E-state index is 6.07.